The monoisotopic (exact) mass is 204 g/mol. The van der Waals surface area contributed by atoms with Crippen molar-refractivity contribution in [2.75, 3.05) is 7.05 Å². The molecule has 0 fully saturated rings. The lowest BCUT2D eigenvalue weighted by Crippen LogP contribution is -2.17. The molecule has 1 N–H and O–H groups in total. The number of hydrogen-bond acceptors (Lipinski definition) is 2. The van der Waals surface area contributed by atoms with E-state index in [-0.39, 0.29) is 0 Å². The topological polar surface area (TPSA) is 24.9 Å². The lowest BCUT2D eigenvalue weighted by atomic mass is 10.0. The second-order valence-corrected chi connectivity index (χ2v) is 3.83. The van der Waals surface area contributed by atoms with Crippen molar-refractivity contribution >= 4 is 0 Å². The average molecular weight is 204 g/mol. The van der Waals surface area contributed by atoms with Gasteiger partial charge in [-0.05, 0) is 45.4 Å². The van der Waals surface area contributed by atoms with Crippen LogP contribution in [0.2, 0.25) is 0 Å². The normalized spacial score (nSPS) is 12.5. The fourth-order valence-electron chi connectivity index (χ4n) is 1.81. The largest absolute Gasteiger partial charge is 0.313 e. The molecule has 1 rings (SSSR count). The van der Waals surface area contributed by atoms with Gasteiger partial charge in [0.2, 0.25) is 0 Å². The zero-order valence-electron chi connectivity index (χ0n) is 9.88. The first kappa shape index (κ1) is 11.9. The van der Waals surface area contributed by atoms with Crippen molar-refractivity contribution in [3.63, 3.8) is 0 Å². The number of aromatic nitrogens is 1. The number of rotatable bonds is 5. The Morgan fingerprint density at radius 1 is 1.47 bits per heavy atom. The molecule has 1 unspecified atom stereocenters. The fourth-order valence-corrected chi connectivity index (χ4v) is 1.81. The van der Waals surface area contributed by atoms with Crippen LogP contribution >= 0.6 is 0 Å². The zero-order valence-corrected chi connectivity index (χ0v) is 9.88. The van der Waals surface area contributed by atoms with Crippen LogP contribution in [0.5, 0.6) is 0 Å². The Labute approximate surface area is 92.4 Å². The van der Waals surface area contributed by atoms with Gasteiger partial charge in [-0.3, -0.25) is 4.98 Å². The average Bonchev–Trinajstić information content (AvgIpc) is 2.21. The predicted octanol–water partition coefficient (Wildman–Crippen LogP) is 2.93. The summed E-state index contributed by atoms with van der Waals surface area (Å²) in [6, 6.07) is 4.62. The summed E-state index contributed by atoms with van der Waals surface area (Å²) < 4.78 is 0. The van der Waals surface area contributed by atoms with Gasteiger partial charge in [0.05, 0.1) is 0 Å². The maximum atomic E-state index is 4.48. The van der Waals surface area contributed by atoms with Crippen molar-refractivity contribution in [2.24, 2.45) is 0 Å². The van der Waals surface area contributed by atoms with Crippen molar-refractivity contribution in [1.82, 2.24) is 10.3 Å². The third-order valence-electron chi connectivity index (χ3n) is 2.65. The molecular weight excluding hydrogens is 184 g/mol. The lowest BCUT2D eigenvalue weighted by Gasteiger charge is -2.17. The molecule has 2 heteroatoms. The number of allylic oxidation sites excluding steroid dienone is 1. The summed E-state index contributed by atoms with van der Waals surface area (Å²) in [4.78, 5) is 4.48. The van der Waals surface area contributed by atoms with Gasteiger partial charge < -0.3 is 5.32 Å². The van der Waals surface area contributed by atoms with Crippen LogP contribution in [0.15, 0.2) is 24.8 Å². The third-order valence-corrected chi connectivity index (χ3v) is 2.65. The predicted molar refractivity (Wildman–Crippen MR) is 64.9 cm³/mol. The Morgan fingerprint density at radius 3 is 2.73 bits per heavy atom. The Kier molecular flexibility index (Phi) is 4.50. The molecule has 0 saturated heterocycles. The van der Waals surface area contributed by atoms with Gasteiger partial charge in [-0.25, -0.2) is 0 Å². The Hall–Kier alpha value is -1.15. The van der Waals surface area contributed by atoms with E-state index in [9.17, 15) is 0 Å². The van der Waals surface area contributed by atoms with Crippen molar-refractivity contribution in [3.05, 3.63) is 41.7 Å². The van der Waals surface area contributed by atoms with Gasteiger partial charge >= 0.3 is 0 Å². The van der Waals surface area contributed by atoms with Crippen LogP contribution in [0.3, 0.4) is 0 Å². The maximum absolute atomic E-state index is 4.48. The number of pyridine rings is 1. The van der Waals surface area contributed by atoms with Crippen LogP contribution in [0.4, 0.5) is 0 Å². The fraction of sp³-hybridized carbons (Fsp3) is 0.462. The van der Waals surface area contributed by atoms with E-state index in [4.69, 9.17) is 0 Å². The molecule has 1 aromatic rings. The van der Waals surface area contributed by atoms with Gasteiger partial charge in [0.15, 0.2) is 0 Å². The summed E-state index contributed by atoms with van der Waals surface area (Å²) >= 11 is 0. The number of hydrogen-bond donors (Lipinski definition) is 1. The molecule has 1 aromatic heterocycles. The minimum absolute atomic E-state index is 0.385. The molecule has 0 amide bonds. The van der Waals surface area contributed by atoms with Crippen LogP contribution in [-0.2, 0) is 0 Å². The minimum atomic E-state index is 0.385. The lowest BCUT2D eigenvalue weighted by molar-refractivity contribution is 0.549. The second kappa shape index (κ2) is 5.66. The quantitative estimate of drug-likeness (QED) is 0.746. The molecule has 0 saturated carbocycles. The Balaban J connectivity index is 2.86. The van der Waals surface area contributed by atoms with Gasteiger partial charge in [-0.1, -0.05) is 12.1 Å². The molecular formula is C13H20N2. The van der Waals surface area contributed by atoms with Gasteiger partial charge in [0.25, 0.3) is 0 Å². The summed E-state index contributed by atoms with van der Waals surface area (Å²) in [7, 11) is 1.99. The molecule has 1 atom stereocenters. The van der Waals surface area contributed by atoms with E-state index in [2.05, 4.69) is 35.9 Å². The molecule has 0 aliphatic rings. The molecule has 1 heterocycles. The summed E-state index contributed by atoms with van der Waals surface area (Å²) in [5.41, 5.74) is 3.50. The van der Waals surface area contributed by atoms with Gasteiger partial charge in [-0.15, -0.1) is 6.58 Å². The molecule has 0 aliphatic heterocycles. The highest BCUT2D eigenvalue weighted by Crippen LogP contribution is 2.20. The number of nitrogens with one attached hydrogen (secondary N) is 1. The highest BCUT2D eigenvalue weighted by atomic mass is 14.9. The molecule has 0 aromatic carbocycles. The van der Waals surface area contributed by atoms with Crippen molar-refractivity contribution in [2.45, 2.75) is 32.7 Å². The van der Waals surface area contributed by atoms with E-state index in [0.29, 0.717) is 6.04 Å². The molecule has 0 aliphatic carbocycles. The minimum Gasteiger partial charge on any atom is -0.313 e. The van der Waals surface area contributed by atoms with E-state index in [0.717, 1.165) is 24.2 Å². The molecule has 0 radical (unpaired) electrons. The van der Waals surface area contributed by atoms with E-state index in [1.54, 1.807) is 0 Å². The smallest absolute Gasteiger partial charge is 0.0423 e. The maximum Gasteiger partial charge on any atom is 0.0423 e. The number of aryl methyl sites for hydroxylation is 2. The first-order valence-electron chi connectivity index (χ1n) is 5.41. The Bertz CT molecular complexity index is 331. The molecule has 0 bridgehead atoms. The second-order valence-electron chi connectivity index (χ2n) is 3.83. The molecule has 82 valence electrons. The van der Waals surface area contributed by atoms with Crippen molar-refractivity contribution in [3.8, 4) is 0 Å². The summed E-state index contributed by atoms with van der Waals surface area (Å²) in [5, 5.41) is 3.33. The van der Waals surface area contributed by atoms with Gasteiger partial charge in [-0.2, -0.15) is 0 Å². The molecule has 0 spiro atoms. The summed E-state index contributed by atoms with van der Waals surface area (Å²) in [6.07, 6.45) is 4.06. The zero-order chi connectivity index (χ0) is 11.3. The molecule has 15 heavy (non-hydrogen) atoms. The first-order valence-corrected chi connectivity index (χ1v) is 5.41. The van der Waals surface area contributed by atoms with Crippen molar-refractivity contribution < 1.29 is 0 Å². The van der Waals surface area contributed by atoms with Crippen LogP contribution in [0.1, 0.15) is 35.8 Å². The summed E-state index contributed by atoms with van der Waals surface area (Å²) in [5.74, 6) is 0. The number of nitrogens with zero attached hydrogens (tertiary/aromatic N) is 1. The van der Waals surface area contributed by atoms with Crippen LogP contribution in [-0.4, -0.2) is 12.0 Å². The highest BCUT2D eigenvalue weighted by Gasteiger charge is 2.11. The van der Waals surface area contributed by atoms with Crippen LogP contribution < -0.4 is 5.32 Å². The van der Waals surface area contributed by atoms with Crippen molar-refractivity contribution in [1.29, 1.82) is 0 Å². The van der Waals surface area contributed by atoms with E-state index in [1.807, 2.05) is 20.0 Å². The van der Waals surface area contributed by atoms with Crippen LogP contribution in [0.25, 0.3) is 0 Å². The highest BCUT2D eigenvalue weighted by molar-refractivity contribution is 5.25. The SMILES string of the molecule is C=CCCC(NC)c1ccc(C)nc1C. The Morgan fingerprint density at radius 2 is 2.20 bits per heavy atom. The van der Waals surface area contributed by atoms with E-state index < -0.39 is 0 Å². The molecule has 2 nitrogen and oxygen atoms in total. The summed E-state index contributed by atoms with van der Waals surface area (Å²) in [6.45, 7) is 7.85. The standard InChI is InChI=1S/C13H20N2/c1-5-6-7-13(14-4)12-9-8-10(2)15-11(12)3/h5,8-9,13-14H,1,6-7H2,2-4H3. The van der Waals surface area contributed by atoms with Gasteiger partial charge in [0, 0.05) is 17.4 Å². The van der Waals surface area contributed by atoms with Crippen LogP contribution in [0, 0.1) is 13.8 Å². The van der Waals surface area contributed by atoms with E-state index in [1.165, 1.54) is 5.56 Å². The van der Waals surface area contributed by atoms with E-state index >= 15 is 0 Å². The third kappa shape index (κ3) is 3.17. The first-order chi connectivity index (χ1) is 7.19. The van der Waals surface area contributed by atoms with Gasteiger partial charge in [0.1, 0.15) is 0 Å².